The van der Waals surface area contributed by atoms with Crippen molar-refractivity contribution >= 4 is 6.03 Å². The van der Waals surface area contributed by atoms with Gasteiger partial charge >= 0.3 is 6.03 Å². The number of carbonyl (C=O) groups excluding carboxylic acids is 1. The van der Waals surface area contributed by atoms with Crippen LogP contribution < -0.4 is 5.32 Å². The number of aromatic nitrogens is 2. The van der Waals surface area contributed by atoms with Gasteiger partial charge in [0.25, 0.3) is 0 Å². The van der Waals surface area contributed by atoms with Gasteiger partial charge in [0, 0.05) is 37.9 Å². The second kappa shape index (κ2) is 8.85. The van der Waals surface area contributed by atoms with Crippen molar-refractivity contribution in [2.45, 2.75) is 31.8 Å². The van der Waals surface area contributed by atoms with E-state index in [1.165, 1.54) is 5.56 Å². The average molecular weight is 355 g/mol. The lowest BCUT2D eigenvalue weighted by Crippen LogP contribution is -2.50. The fourth-order valence-corrected chi connectivity index (χ4v) is 3.49. The van der Waals surface area contributed by atoms with E-state index in [4.69, 9.17) is 0 Å². The summed E-state index contributed by atoms with van der Waals surface area (Å²) in [5, 5.41) is 7.24. The summed E-state index contributed by atoms with van der Waals surface area (Å²) in [6.45, 7) is 3.35. The molecule has 140 valence electrons. The number of aryl methyl sites for hydroxylation is 1. The van der Waals surface area contributed by atoms with Gasteiger partial charge in [0.1, 0.15) is 0 Å². The first-order chi connectivity index (χ1) is 12.6. The van der Waals surface area contributed by atoms with Crippen molar-refractivity contribution in [3.63, 3.8) is 0 Å². The molecule has 6 nitrogen and oxygen atoms in total. The highest BCUT2D eigenvalue weighted by Crippen LogP contribution is 2.17. The molecule has 1 fully saturated rings. The van der Waals surface area contributed by atoms with Gasteiger partial charge < -0.3 is 15.1 Å². The molecule has 0 saturated carbocycles. The summed E-state index contributed by atoms with van der Waals surface area (Å²) in [4.78, 5) is 17.3. The molecule has 0 aliphatic carbocycles. The first-order valence-corrected chi connectivity index (χ1v) is 9.36. The number of likely N-dealkylation sites (tertiary alicyclic amines) is 1. The molecule has 1 aliphatic heterocycles. The molecule has 2 heterocycles. The zero-order valence-electron chi connectivity index (χ0n) is 15.8. The molecule has 2 amide bonds. The van der Waals surface area contributed by atoms with Crippen LogP contribution in [0.4, 0.5) is 4.79 Å². The lowest BCUT2D eigenvalue weighted by Gasteiger charge is -2.37. The van der Waals surface area contributed by atoms with Crippen molar-refractivity contribution < 1.29 is 4.79 Å². The van der Waals surface area contributed by atoms with Crippen LogP contribution in [0.1, 0.15) is 24.0 Å². The Balaban J connectivity index is 1.61. The Bertz CT molecular complexity index is 691. The van der Waals surface area contributed by atoms with Crippen LogP contribution in [0.3, 0.4) is 0 Å². The van der Waals surface area contributed by atoms with Crippen LogP contribution in [0, 0.1) is 0 Å². The zero-order chi connectivity index (χ0) is 18.4. The number of nitrogens with one attached hydrogen (secondary N) is 1. The Morgan fingerprint density at radius 3 is 2.58 bits per heavy atom. The number of hydrogen-bond donors (Lipinski definition) is 1. The van der Waals surface area contributed by atoms with Crippen molar-refractivity contribution in [2.75, 3.05) is 26.7 Å². The maximum atomic E-state index is 12.9. The first-order valence-electron chi connectivity index (χ1n) is 9.36. The second-order valence-corrected chi connectivity index (χ2v) is 7.14. The molecule has 3 rings (SSSR count). The fourth-order valence-electron chi connectivity index (χ4n) is 3.49. The number of hydrogen-bond acceptors (Lipinski definition) is 3. The Morgan fingerprint density at radius 1 is 1.19 bits per heavy atom. The summed E-state index contributed by atoms with van der Waals surface area (Å²) in [7, 11) is 4.03. The highest BCUT2D eigenvalue weighted by molar-refractivity contribution is 5.74. The van der Waals surface area contributed by atoms with Crippen LogP contribution in [0.15, 0.2) is 42.7 Å². The fraction of sp³-hybridized carbons (Fsp3) is 0.500. The van der Waals surface area contributed by atoms with Gasteiger partial charge in [0.15, 0.2) is 0 Å². The number of carbonyl (C=O) groups is 1. The minimum atomic E-state index is 0.0272. The van der Waals surface area contributed by atoms with Gasteiger partial charge in [0.2, 0.25) is 0 Å². The second-order valence-electron chi connectivity index (χ2n) is 7.14. The van der Waals surface area contributed by atoms with Gasteiger partial charge in [-0.25, -0.2) is 4.79 Å². The van der Waals surface area contributed by atoms with Crippen molar-refractivity contribution in [3.05, 3.63) is 53.9 Å². The predicted molar refractivity (Wildman–Crippen MR) is 103 cm³/mol. The summed E-state index contributed by atoms with van der Waals surface area (Å²) in [6, 6.07) is 10.7. The molecule has 6 heteroatoms. The molecule has 0 unspecified atom stereocenters. The quantitative estimate of drug-likeness (QED) is 0.865. The molecular formula is C20H29N5O. The number of amides is 2. The van der Waals surface area contributed by atoms with Gasteiger partial charge in [-0.15, -0.1) is 0 Å². The molecule has 0 bridgehead atoms. The standard InChI is InChI=1S/C20H29N5O/c1-23-11-9-19(10-12-23)25(13-8-17-6-4-3-5-7-17)20(26)21-14-18-15-22-24(2)16-18/h3-7,15-16,19H,8-14H2,1-2H3,(H,21,26). The van der Waals surface area contributed by atoms with E-state index < -0.39 is 0 Å². The third kappa shape index (κ3) is 5.08. The molecule has 0 radical (unpaired) electrons. The largest absolute Gasteiger partial charge is 0.334 e. The Kier molecular flexibility index (Phi) is 6.28. The van der Waals surface area contributed by atoms with Gasteiger partial charge in [-0.05, 0) is 45.0 Å². The topological polar surface area (TPSA) is 53.4 Å². The van der Waals surface area contributed by atoms with Gasteiger partial charge in [-0.3, -0.25) is 4.68 Å². The highest BCUT2D eigenvalue weighted by Gasteiger charge is 2.26. The molecule has 0 spiro atoms. The van der Waals surface area contributed by atoms with E-state index in [-0.39, 0.29) is 6.03 Å². The normalized spacial score (nSPS) is 15.8. The van der Waals surface area contributed by atoms with E-state index in [9.17, 15) is 4.79 Å². The third-order valence-corrected chi connectivity index (χ3v) is 5.08. The van der Waals surface area contributed by atoms with Gasteiger partial charge in [-0.1, -0.05) is 30.3 Å². The summed E-state index contributed by atoms with van der Waals surface area (Å²) < 4.78 is 1.76. The van der Waals surface area contributed by atoms with E-state index in [0.29, 0.717) is 12.6 Å². The first kappa shape index (κ1) is 18.5. The minimum Gasteiger partial charge on any atom is -0.334 e. The number of benzene rings is 1. The molecular weight excluding hydrogens is 326 g/mol. The van der Waals surface area contributed by atoms with E-state index in [2.05, 4.69) is 46.6 Å². The van der Waals surface area contributed by atoms with Crippen LogP contribution >= 0.6 is 0 Å². The molecule has 1 saturated heterocycles. The molecule has 1 aromatic heterocycles. The van der Waals surface area contributed by atoms with Crippen LogP contribution in [-0.2, 0) is 20.0 Å². The number of urea groups is 1. The predicted octanol–water partition coefficient (Wildman–Crippen LogP) is 2.27. The zero-order valence-corrected chi connectivity index (χ0v) is 15.8. The maximum absolute atomic E-state index is 12.9. The van der Waals surface area contributed by atoms with Crippen LogP contribution in [0.5, 0.6) is 0 Å². The number of rotatable bonds is 6. The maximum Gasteiger partial charge on any atom is 0.317 e. The van der Waals surface area contributed by atoms with E-state index in [1.807, 2.05) is 24.2 Å². The number of piperidine rings is 1. The molecule has 1 N–H and O–H groups in total. The molecule has 1 aliphatic rings. The minimum absolute atomic E-state index is 0.0272. The van der Waals surface area contributed by atoms with E-state index in [1.54, 1.807) is 10.9 Å². The molecule has 0 atom stereocenters. The summed E-state index contributed by atoms with van der Waals surface area (Å²) in [5.41, 5.74) is 2.29. The van der Waals surface area contributed by atoms with Gasteiger partial charge in [0.05, 0.1) is 6.20 Å². The Hall–Kier alpha value is -2.34. The molecule has 1 aromatic carbocycles. The summed E-state index contributed by atoms with van der Waals surface area (Å²) in [5.74, 6) is 0. The number of nitrogens with zero attached hydrogens (tertiary/aromatic N) is 4. The lowest BCUT2D eigenvalue weighted by atomic mass is 10.0. The smallest absolute Gasteiger partial charge is 0.317 e. The Labute approximate surface area is 155 Å². The highest BCUT2D eigenvalue weighted by atomic mass is 16.2. The van der Waals surface area contributed by atoms with Crippen molar-refractivity contribution in [1.29, 1.82) is 0 Å². The molecule has 26 heavy (non-hydrogen) atoms. The van der Waals surface area contributed by atoms with Crippen molar-refractivity contribution in [1.82, 2.24) is 24.9 Å². The van der Waals surface area contributed by atoms with Crippen LogP contribution in [0.25, 0.3) is 0 Å². The van der Waals surface area contributed by atoms with Crippen LogP contribution in [0.2, 0.25) is 0 Å². The summed E-state index contributed by atoms with van der Waals surface area (Å²) in [6.07, 6.45) is 6.68. The summed E-state index contributed by atoms with van der Waals surface area (Å²) >= 11 is 0. The molecule has 2 aromatic rings. The lowest BCUT2D eigenvalue weighted by molar-refractivity contribution is 0.132. The SMILES string of the molecule is CN1CCC(N(CCc2ccccc2)C(=O)NCc2cnn(C)c2)CC1. The van der Waals surface area contributed by atoms with Gasteiger partial charge in [-0.2, -0.15) is 5.10 Å². The van der Waals surface area contributed by atoms with Crippen molar-refractivity contribution in [2.24, 2.45) is 7.05 Å². The van der Waals surface area contributed by atoms with E-state index in [0.717, 1.165) is 44.5 Å². The van der Waals surface area contributed by atoms with Crippen LogP contribution in [-0.4, -0.2) is 58.3 Å². The monoisotopic (exact) mass is 355 g/mol. The van der Waals surface area contributed by atoms with E-state index >= 15 is 0 Å². The van der Waals surface area contributed by atoms with Crippen molar-refractivity contribution in [3.8, 4) is 0 Å². The average Bonchev–Trinajstić information content (AvgIpc) is 3.08. The Morgan fingerprint density at radius 2 is 1.92 bits per heavy atom. The third-order valence-electron chi connectivity index (χ3n) is 5.08.